The fourth-order valence-corrected chi connectivity index (χ4v) is 2.46. The van der Waals surface area contributed by atoms with Crippen LogP contribution >= 0.6 is 0 Å². The van der Waals surface area contributed by atoms with Gasteiger partial charge in [-0.3, -0.25) is 4.79 Å². The number of rotatable bonds is 3. The van der Waals surface area contributed by atoms with E-state index in [2.05, 4.69) is 11.4 Å². The molecule has 0 radical (unpaired) electrons. The molecule has 1 N–H and O–H groups in total. The first-order valence-electron chi connectivity index (χ1n) is 6.56. The summed E-state index contributed by atoms with van der Waals surface area (Å²) in [6, 6.07) is 11.6. The van der Waals surface area contributed by atoms with Gasteiger partial charge in [-0.1, -0.05) is 49.6 Å². The third-order valence-corrected chi connectivity index (χ3v) is 3.48. The maximum absolute atomic E-state index is 12.1. The number of hydrogen-bond donors (Lipinski definition) is 1. The molecule has 1 atom stereocenters. The third kappa shape index (κ3) is 3.10. The van der Waals surface area contributed by atoms with Crippen LogP contribution < -0.4 is 5.32 Å². The van der Waals surface area contributed by atoms with Gasteiger partial charge in [0.25, 0.3) is 0 Å². The Balaban J connectivity index is 2.00. The lowest BCUT2D eigenvalue weighted by Crippen LogP contribution is -2.38. The summed E-state index contributed by atoms with van der Waals surface area (Å²) in [5.41, 5.74) is 0.772. The molecule has 1 aromatic carbocycles. The first kappa shape index (κ1) is 12.6. The fraction of sp³-hybridized carbons (Fsp3) is 0.467. The monoisotopic (exact) mass is 242 g/mol. The van der Waals surface area contributed by atoms with Crippen molar-refractivity contribution in [1.82, 2.24) is 5.32 Å². The largest absolute Gasteiger partial charge is 0.352 e. The number of nitrogens with zero attached hydrogens (tertiary/aromatic N) is 1. The lowest BCUT2D eigenvalue weighted by molar-refractivity contribution is -0.122. The number of amides is 1. The molecule has 0 aliphatic heterocycles. The molecule has 18 heavy (non-hydrogen) atoms. The highest BCUT2D eigenvalue weighted by molar-refractivity contribution is 5.86. The Morgan fingerprint density at radius 2 is 1.89 bits per heavy atom. The second-order valence-corrected chi connectivity index (χ2v) is 4.82. The third-order valence-electron chi connectivity index (χ3n) is 3.48. The van der Waals surface area contributed by atoms with Crippen LogP contribution in [0.15, 0.2) is 30.3 Å². The van der Waals surface area contributed by atoms with E-state index in [-0.39, 0.29) is 11.9 Å². The van der Waals surface area contributed by atoms with E-state index in [4.69, 9.17) is 5.26 Å². The number of nitriles is 1. The smallest absolute Gasteiger partial charge is 0.242 e. The second kappa shape index (κ2) is 6.20. The summed E-state index contributed by atoms with van der Waals surface area (Å²) in [6.45, 7) is 0. The lowest BCUT2D eigenvalue weighted by atomic mass is 9.94. The molecule has 1 amide bonds. The van der Waals surface area contributed by atoms with Gasteiger partial charge >= 0.3 is 0 Å². The molecule has 94 valence electrons. The SMILES string of the molecule is N#CC(C(=O)NC1CCCCC1)c1ccccc1. The van der Waals surface area contributed by atoms with Crippen molar-refractivity contribution >= 4 is 5.91 Å². The van der Waals surface area contributed by atoms with Crippen LogP contribution in [0.3, 0.4) is 0 Å². The molecule has 0 aromatic heterocycles. The molecule has 1 fully saturated rings. The van der Waals surface area contributed by atoms with Gasteiger partial charge in [-0.05, 0) is 18.4 Å². The summed E-state index contributed by atoms with van der Waals surface area (Å²) in [4.78, 5) is 12.1. The van der Waals surface area contributed by atoms with Gasteiger partial charge in [0.2, 0.25) is 5.91 Å². The first-order valence-corrected chi connectivity index (χ1v) is 6.56. The summed E-state index contributed by atoms with van der Waals surface area (Å²) in [6.07, 6.45) is 5.69. The second-order valence-electron chi connectivity index (χ2n) is 4.82. The van der Waals surface area contributed by atoms with Crippen LogP contribution in [0.2, 0.25) is 0 Å². The Kier molecular flexibility index (Phi) is 4.35. The van der Waals surface area contributed by atoms with Gasteiger partial charge in [0, 0.05) is 6.04 Å². The van der Waals surface area contributed by atoms with Gasteiger partial charge in [0.1, 0.15) is 5.92 Å². The highest BCUT2D eigenvalue weighted by Crippen LogP contribution is 2.20. The minimum Gasteiger partial charge on any atom is -0.352 e. The van der Waals surface area contributed by atoms with Gasteiger partial charge in [-0.2, -0.15) is 5.26 Å². The number of benzene rings is 1. The highest BCUT2D eigenvalue weighted by Gasteiger charge is 2.23. The van der Waals surface area contributed by atoms with Crippen LogP contribution in [0, 0.1) is 11.3 Å². The van der Waals surface area contributed by atoms with Crippen molar-refractivity contribution in [3.05, 3.63) is 35.9 Å². The van der Waals surface area contributed by atoms with Crippen LogP contribution in [0.1, 0.15) is 43.6 Å². The molecule has 1 saturated carbocycles. The molecule has 1 aromatic rings. The van der Waals surface area contributed by atoms with Crippen molar-refractivity contribution in [2.24, 2.45) is 0 Å². The van der Waals surface area contributed by atoms with E-state index < -0.39 is 5.92 Å². The topological polar surface area (TPSA) is 52.9 Å². The zero-order valence-corrected chi connectivity index (χ0v) is 10.4. The Morgan fingerprint density at radius 3 is 2.50 bits per heavy atom. The Labute approximate surface area is 108 Å². The van der Waals surface area contributed by atoms with Gasteiger partial charge < -0.3 is 5.32 Å². The summed E-state index contributed by atoms with van der Waals surface area (Å²) >= 11 is 0. The van der Waals surface area contributed by atoms with E-state index >= 15 is 0 Å². The molecule has 2 rings (SSSR count). The molecule has 0 saturated heterocycles. The lowest BCUT2D eigenvalue weighted by Gasteiger charge is -2.23. The van der Waals surface area contributed by atoms with E-state index in [0.29, 0.717) is 0 Å². The molecule has 3 heteroatoms. The van der Waals surface area contributed by atoms with Gasteiger partial charge in [0.05, 0.1) is 6.07 Å². The molecule has 1 aliphatic rings. The number of nitrogens with one attached hydrogen (secondary N) is 1. The fourth-order valence-electron chi connectivity index (χ4n) is 2.46. The molecule has 1 aliphatic carbocycles. The summed E-state index contributed by atoms with van der Waals surface area (Å²) < 4.78 is 0. The molecule has 0 heterocycles. The minimum atomic E-state index is -0.687. The van der Waals surface area contributed by atoms with Gasteiger partial charge in [0.15, 0.2) is 0 Å². The van der Waals surface area contributed by atoms with Crippen LogP contribution in [-0.4, -0.2) is 11.9 Å². The van der Waals surface area contributed by atoms with E-state index in [1.54, 1.807) is 0 Å². The van der Waals surface area contributed by atoms with Crippen molar-refractivity contribution in [3.8, 4) is 6.07 Å². The van der Waals surface area contributed by atoms with E-state index in [9.17, 15) is 4.79 Å². The quantitative estimate of drug-likeness (QED) is 0.886. The molecular weight excluding hydrogens is 224 g/mol. The zero-order valence-electron chi connectivity index (χ0n) is 10.4. The van der Waals surface area contributed by atoms with Crippen LogP contribution in [0.4, 0.5) is 0 Å². The number of carbonyl (C=O) groups is 1. The van der Waals surface area contributed by atoms with Gasteiger partial charge in [-0.25, -0.2) is 0 Å². The zero-order chi connectivity index (χ0) is 12.8. The summed E-state index contributed by atoms with van der Waals surface area (Å²) in [7, 11) is 0. The normalized spacial score (nSPS) is 17.7. The van der Waals surface area contributed by atoms with Crippen molar-refractivity contribution in [2.75, 3.05) is 0 Å². The number of hydrogen-bond acceptors (Lipinski definition) is 2. The summed E-state index contributed by atoms with van der Waals surface area (Å²) in [5, 5.41) is 12.2. The van der Waals surface area contributed by atoms with Crippen LogP contribution in [-0.2, 0) is 4.79 Å². The molecule has 0 spiro atoms. The average Bonchev–Trinajstić information content (AvgIpc) is 2.42. The Bertz CT molecular complexity index is 430. The maximum Gasteiger partial charge on any atom is 0.242 e. The molecule has 3 nitrogen and oxygen atoms in total. The van der Waals surface area contributed by atoms with E-state index in [0.717, 1.165) is 18.4 Å². The predicted molar refractivity (Wildman–Crippen MR) is 69.8 cm³/mol. The predicted octanol–water partition coefficient (Wildman–Crippen LogP) is 2.74. The van der Waals surface area contributed by atoms with Crippen molar-refractivity contribution in [2.45, 2.75) is 44.1 Å². The standard InChI is InChI=1S/C15H18N2O/c16-11-14(12-7-3-1-4-8-12)15(18)17-13-9-5-2-6-10-13/h1,3-4,7-8,13-14H,2,5-6,9-10H2,(H,17,18). The molecule has 0 bridgehead atoms. The highest BCUT2D eigenvalue weighted by atomic mass is 16.1. The Hall–Kier alpha value is -1.82. The van der Waals surface area contributed by atoms with Gasteiger partial charge in [-0.15, -0.1) is 0 Å². The first-order chi connectivity index (χ1) is 8.81. The molecule has 1 unspecified atom stereocenters. The Morgan fingerprint density at radius 1 is 1.22 bits per heavy atom. The minimum absolute atomic E-state index is 0.157. The van der Waals surface area contributed by atoms with Crippen molar-refractivity contribution < 1.29 is 4.79 Å². The number of carbonyl (C=O) groups excluding carboxylic acids is 1. The van der Waals surface area contributed by atoms with Crippen LogP contribution in [0.25, 0.3) is 0 Å². The maximum atomic E-state index is 12.1. The van der Waals surface area contributed by atoms with Crippen molar-refractivity contribution in [3.63, 3.8) is 0 Å². The van der Waals surface area contributed by atoms with E-state index in [1.165, 1.54) is 19.3 Å². The summed E-state index contributed by atoms with van der Waals surface area (Å²) in [5.74, 6) is -0.844. The van der Waals surface area contributed by atoms with E-state index in [1.807, 2.05) is 30.3 Å². The van der Waals surface area contributed by atoms with Crippen LogP contribution in [0.5, 0.6) is 0 Å². The molecular formula is C15H18N2O. The average molecular weight is 242 g/mol. The van der Waals surface area contributed by atoms with Crippen molar-refractivity contribution in [1.29, 1.82) is 5.26 Å².